The highest BCUT2D eigenvalue weighted by Gasteiger charge is 2.18. The maximum atomic E-state index is 13.2. The highest BCUT2D eigenvalue weighted by Crippen LogP contribution is 2.24. The Hall–Kier alpha value is -1.10. The topological polar surface area (TPSA) is 32.3 Å². The number of anilines is 1. The standard InChI is InChI=1S/C12H14BrFN2O/c1-8-6-10(14)9(13)7-11(8)15-12(17)16-4-2-3-5-16/h6-7H,2-5H2,1H3,(H,15,17). The number of likely N-dealkylation sites (tertiary alicyclic amines) is 1. The first-order chi connectivity index (χ1) is 8.08. The highest BCUT2D eigenvalue weighted by molar-refractivity contribution is 9.10. The number of aryl methyl sites for hydroxylation is 1. The number of carbonyl (C=O) groups excluding carboxylic acids is 1. The van der Waals surface area contributed by atoms with Gasteiger partial charge in [0.2, 0.25) is 0 Å². The lowest BCUT2D eigenvalue weighted by Gasteiger charge is -2.17. The second kappa shape index (κ2) is 5.04. The van der Waals surface area contributed by atoms with Crippen LogP contribution in [0.25, 0.3) is 0 Å². The molecule has 5 heteroatoms. The molecule has 1 saturated heterocycles. The summed E-state index contributed by atoms with van der Waals surface area (Å²) in [6.45, 7) is 3.37. The van der Waals surface area contributed by atoms with Crippen LogP contribution in [0.3, 0.4) is 0 Å². The molecular formula is C12H14BrFN2O. The Morgan fingerprint density at radius 1 is 1.41 bits per heavy atom. The van der Waals surface area contributed by atoms with Crippen molar-refractivity contribution in [2.24, 2.45) is 0 Å². The number of benzene rings is 1. The van der Waals surface area contributed by atoms with Crippen molar-refractivity contribution in [2.45, 2.75) is 19.8 Å². The summed E-state index contributed by atoms with van der Waals surface area (Å²) in [6, 6.07) is 2.89. The first-order valence-electron chi connectivity index (χ1n) is 5.59. The summed E-state index contributed by atoms with van der Waals surface area (Å²) in [5.41, 5.74) is 1.37. The molecule has 0 spiro atoms. The third-order valence-corrected chi connectivity index (χ3v) is 3.51. The molecule has 2 rings (SSSR count). The SMILES string of the molecule is Cc1cc(F)c(Br)cc1NC(=O)N1CCCC1. The van der Waals surface area contributed by atoms with Crippen molar-refractivity contribution < 1.29 is 9.18 Å². The molecule has 1 fully saturated rings. The van der Waals surface area contributed by atoms with E-state index in [0.717, 1.165) is 31.5 Å². The molecule has 1 aromatic carbocycles. The monoisotopic (exact) mass is 300 g/mol. The molecule has 0 aliphatic carbocycles. The molecule has 0 saturated carbocycles. The maximum Gasteiger partial charge on any atom is 0.321 e. The predicted molar refractivity (Wildman–Crippen MR) is 68.7 cm³/mol. The second-order valence-corrected chi connectivity index (χ2v) is 5.06. The van der Waals surface area contributed by atoms with Gasteiger partial charge in [0.25, 0.3) is 0 Å². The van der Waals surface area contributed by atoms with Gasteiger partial charge >= 0.3 is 6.03 Å². The van der Waals surface area contributed by atoms with Gasteiger partial charge in [-0.3, -0.25) is 0 Å². The Morgan fingerprint density at radius 3 is 2.71 bits per heavy atom. The molecular weight excluding hydrogens is 287 g/mol. The van der Waals surface area contributed by atoms with Crippen molar-refractivity contribution in [3.05, 3.63) is 28.0 Å². The molecule has 3 nitrogen and oxygen atoms in total. The Labute approximate surface area is 108 Å². The molecule has 2 amide bonds. The van der Waals surface area contributed by atoms with Crippen LogP contribution in [-0.4, -0.2) is 24.0 Å². The van der Waals surface area contributed by atoms with Gasteiger partial charge in [0.05, 0.1) is 4.47 Å². The van der Waals surface area contributed by atoms with Gasteiger partial charge < -0.3 is 10.2 Å². The van der Waals surface area contributed by atoms with Crippen LogP contribution < -0.4 is 5.32 Å². The molecule has 0 unspecified atom stereocenters. The summed E-state index contributed by atoms with van der Waals surface area (Å²) in [7, 11) is 0. The first-order valence-corrected chi connectivity index (χ1v) is 6.39. The molecule has 1 aromatic rings. The van der Waals surface area contributed by atoms with Gasteiger partial charge in [0.15, 0.2) is 0 Å². The number of urea groups is 1. The molecule has 17 heavy (non-hydrogen) atoms. The van der Waals surface area contributed by atoms with Gasteiger partial charge in [0, 0.05) is 18.8 Å². The summed E-state index contributed by atoms with van der Waals surface area (Å²) in [5.74, 6) is -0.318. The van der Waals surface area contributed by atoms with Gasteiger partial charge in [-0.15, -0.1) is 0 Å². The fourth-order valence-electron chi connectivity index (χ4n) is 1.90. The van der Waals surface area contributed by atoms with E-state index < -0.39 is 0 Å². The molecule has 0 bridgehead atoms. The van der Waals surface area contributed by atoms with Gasteiger partial charge in [-0.25, -0.2) is 9.18 Å². The van der Waals surface area contributed by atoms with Gasteiger partial charge in [-0.2, -0.15) is 0 Å². The lowest BCUT2D eigenvalue weighted by Crippen LogP contribution is -2.32. The fourth-order valence-corrected chi connectivity index (χ4v) is 2.24. The van der Waals surface area contributed by atoms with Crippen LogP contribution >= 0.6 is 15.9 Å². The van der Waals surface area contributed by atoms with Crippen LogP contribution in [0, 0.1) is 12.7 Å². The predicted octanol–water partition coefficient (Wildman–Crippen LogP) is 3.52. The summed E-state index contributed by atoms with van der Waals surface area (Å²) in [4.78, 5) is 13.6. The number of hydrogen-bond donors (Lipinski definition) is 1. The minimum Gasteiger partial charge on any atom is -0.325 e. The third-order valence-electron chi connectivity index (χ3n) is 2.90. The summed E-state index contributed by atoms with van der Waals surface area (Å²) in [5, 5.41) is 2.81. The number of amides is 2. The van der Waals surface area contributed by atoms with Crippen LogP contribution in [0.2, 0.25) is 0 Å². The number of halogens is 2. The van der Waals surface area contributed by atoms with Crippen LogP contribution in [0.5, 0.6) is 0 Å². The minimum absolute atomic E-state index is 0.107. The van der Waals surface area contributed by atoms with Crippen molar-refractivity contribution in [3.8, 4) is 0 Å². The fraction of sp³-hybridized carbons (Fsp3) is 0.417. The zero-order valence-corrected chi connectivity index (χ0v) is 11.2. The molecule has 1 N–H and O–H groups in total. The van der Waals surface area contributed by atoms with Crippen molar-refractivity contribution >= 4 is 27.6 Å². The van der Waals surface area contributed by atoms with Gasteiger partial charge in [-0.1, -0.05) is 0 Å². The van der Waals surface area contributed by atoms with E-state index in [4.69, 9.17) is 0 Å². The molecule has 0 aromatic heterocycles. The summed E-state index contributed by atoms with van der Waals surface area (Å²) in [6.07, 6.45) is 2.11. The van der Waals surface area contributed by atoms with Crippen molar-refractivity contribution in [1.29, 1.82) is 0 Å². The van der Waals surface area contributed by atoms with Crippen LogP contribution in [0.1, 0.15) is 18.4 Å². The van der Waals surface area contributed by atoms with E-state index in [1.807, 2.05) is 0 Å². The Balaban J connectivity index is 2.12. The molecule has 1 aliphatic heterocycles. The number of nitrogens with zero attached hydrogens (tertiary/aromatic N) is 1. The van der Waals surface area contributed by atoms with E-state index in [1.165, 1.54) is 6.07 Å². The van der Waals surface area contributed by atoms with Crippen LogP contribution in [0.15, 0.2) is 16.6 Å². The normalized spacial score (nSPS) is 15.1. The van der Waals surface area contributed by atoms with Crippen molar-refractivity contribution in [1.82, 2.24) is 4.90 Å². The summed E-state index contributed by atoms with van der Waals surface area (Å²) >= 11 is 3.11. The molecule has 0 radical (unpaired) electrons. The van der Waals surface area contributed by atoms with E-state index in [9.17, 15) is 9.18 Å². The summed E-state index contributed by atoms with van der Waals surface area (Å²) < 4.78 is 13.6. The zero-order valence-electron chi connectivity index (χ0n) is 9.59. The number of carbonyl (C=O) groups is 1. The van der Waals surface area contributed by atoms with Gasteiger partial charge in [0.1, 0.15) is 5.82 Å². The average molecular weight is 301 g/mol. The number of hydrogen-bond acceptors (Lipinski definition) is 1. The molecule has 92 valence electrons. The number of rotatable bonds is 1. The maximum absolute atomic E-state index is 13.2. The zero-order chi connectivity index (χ0) is 12.4. The van der Waals surface area contributed by atoms with E-state index >= 15 is 0 Å². The quantitative estimate of drug-likeness (QED) is 0.845. The van der Waals surface area contributed by atoms with Gasteiger partial charge in [-0.05, 0) is 53.4 Å². The lowest BCUT2D eigenvalue weighted by molar-refractivity contribution is 0.222. The largest absolute Gasteiger partial charge is 0.325 e. The lowest BCUT2D eigenvalue weighted by atomic mass is 10.2. The smallest absolute Gasteiger partial charge is 0.321 e. The van der Waals surface area contributed by atoms with Crippen molar-refractivity contribution in [2.75, 3.05) is 18.4 Å². The van der Waals surface area contributed by atoms with E-state index in [1.54, 1.807) is 17.9 Å². The van der Waals surface area contributed by atoms with Crippen molar-refractivity contribution in [3.63, 3.8) is 0 Å². The van der Waals surface area contributed by atoms with E-state index in [-0.39, 0.29) is 11.8 Å². The first kappa shape index (κ1) is 12.4. The van der Waals surface area contributed by atoms with E-state index in [2.05, 4.69) is 21.2 Å². The highest BCUT2D eigenvalue weighted by atomic mass is 79.9. The molecule has 1 heterocycles. The Bertz CT molecular complexity index is 444. The molecule has 0 atom stereocenters. The Kier molecular flexibility index (Phi) is 3.66. The Morgan fingerprint density at radius 2 is 2.06 bits per heavy atom. The number of nitrogens with one attached hydrogen (secondary N) is 1. The third kappa shape index (κ3) is 2.77. The molecule has 1 aliphatic rings. The van der Waals surface area contributed by atoms with Crippen LogP contribution in [0.4, 0.5) is 14.9 Å². The van der Waals surface area contributed by atoms with Crippen LogP contribution in [-0.2, 0) is 0 Å². The average Bonchev–Trinajstić information content (AvgIpc) is 2.79. The second-order valence-electron chi connectivity index (χ2n) is 4.21. The van der Waals surface area contributed by atoms with E-state index in [0.29, 0.717) is 10.2 Å². The minimum atomic E-state index is -0.318.